The fraction of sp³-hybridized carbons (Fsp3) is 0.381. The molecule has 0 saturated heterocycles. The van der Waals surface area contributed by atoms with Crippen molar-refractivity contribution in [3.8, 4) is 11.4 Å². The number of aromatic nitrogens is 5. The summed E-state index contributed by atoms with van der Waals surface area (Å²) in [5.74, 6) is 0.948. The molecule has 9 heteroatoms. The van der Waals surface area contributed by atoms with E-state index in [2.05, 4.69) is 30.0 Å². The van der Waals surface area contributed by atoms with Crippen LogP contribution in [0, 0.1) is 19.7 Å². The summed E-state index contributed by atoms with van der Waals surface area (Å²) in [6.45, 7) is 4.61. The number of thioether (sulfide) groups is 1. The van der Waals surface area contributed by atoms with Gasteiger partial charge < -0.3 is 9.88 Å². The molecule has 3 aromatic rings. The summed E-state index contributed by atoms with van der Waals surface area (Å²) in [6.07, 6.45) is 4.23. The van der Waals surface area contributed by atoms with Crippen LogP contribution in [0.1, 0.15) is 36.5 Å². The minimum Gasteiger partial charge on any atom is -0.323 e. The molecule has 0 aliphatic carbocycles. The Morgan fingerprint density at radius 2 is 1.93 bits per heavy atom. The molecule has 0 saturated carbocycles. The topological polar surface area (TPSA) is 85.6 Å². The van der Waals surface area contributed by atoms with E-state index in [1.807, 2.05) is 19.9 Å². The molecular weight excluding hydrogens is 403 g/mol. The number of fused-ring (bicyclic) bond motifs is 1. The van der Waals surface area contributed by atoms with Gasteiger partial charge in [0.25, 0.3) is 0 Å². The highest BCUT2D eigenvalue weighted by atomic mass is 32.2. The van der Waals surface area contributed by atoms with Crippen molar-refractivity contribution < 1.29 is 9.18 Å². The summed E-state index contributed by atoms with van der Waals surface area (Å²) in [6, 6.07) is 6.51. The molecule has 30 heavy (non-hydrogen) atoms. The fourth-order valence-electron chi connectivity index (χ4n) is 3.53. The van der Waals surface area contributed by atoms with Gasteiger partial charge in [-0.05, 0) is 51.0 Å². The van der Waals surface area contributed by atoms with E-state index < -0.39 is 5.82 Å². The summed E-state index contributed by atoms with van der Waals surface area (Å²) >= 11 is 1.22. The maximum Gasteiger partial charge on any atom is 0.234 e. The highest BCUT2D eigenvalue weighted by molar-refractivity contribution is 7.99. The third-order valence-electron chi connectivity index (χ3n) is 4.90. The van der Waals surface area contributed by atoms with Crippen molar-refractivity contribution in [1.29, 1.82) is 0 Å². The molecule has 0 atom stereocenters. The van der Waals surface area contributed by atoms with Crippen LogP contribution < -0.4 is 5.32 Å². The Morgan fingerprint density at radius 3 is 2.73 bits per heavy atom. The molecule has 7 nitrogen and oxygen atoms in total. The van der Waals surface area contributed by atoms with Crippen LogP contribution in [0.25, 0.3) is 11.4 Å². The lowest BCUT2D eigenvalue weighted by Gasteiger charge is -2.10. The molecule has 2 aromatic heterocycles. The van der Waals surface area contributed by atoms with Crippen molar-refractivity contribution in [3.63, 3.8) is 0 Å². The number of carbonyl (C=O) groups excluding carboxylic acids is 1. The van der Waals surface area contributed by atoms with Gasteiger partial charge in [-0.25, -0.2) is 14.4 Å². The van der Waals surface area contributed by atoms with Crippen LogP contribution in [0.3, 0.4) is 0 Å². The van der Waals surface area contributed by atoms with Gasteiger partial charge in [-0.15, -0.1) is 10.2 Å². The Bertz CT molecular complexity index is 1060. The number of hydrogen-bond acceptors (Lipinski definition) is 6. The number of carbonyl (C=O) groups is 1. The second-order valence-corrected chi connectivity index (χ2v) is 8.31. The zero-order valence-corrected chi connectivity index (χ0v) is 17.8. The van der Waals surface area contributed by atoms with Gasteiger partial charge in [-0.1, -0.05) is 18.2 Å². The first-order valence-electron chi connectivity index (χ1n) is 9.96. The zero-order valence-electron chi connectivity index (χ0n) is 17.0. The molecule has 3 heterocycles. The van der Waals surface area contributed by atoms with Crippen molar-refractivity contribution >= 4 is 23.4 Å². The average Bonchev–Trinajstić information content (AvgIpc) is 2.95. The van der Waals surface area contributed by atoms with E-state index in [1.54, 1.807) is 12.1 Å². The van der Waals surface area contributed by atoms with Crippen LogP contribution in [-0.2, 0) is 17.8 Å². The van der Waals surface area contributed by atoms with Crippen molar-refractivity contribution in [3.05, 3.63) is 47.3 Å². The normalized spacial score (nSPS) is 13.6. The predicted molar refractivity (Wildman–Crippen MR) is 114 cm³/mol. The van der Waals surface area contributed by atoms with Gasteiger partial charge >= 0.3 is 0 Å². The van der Waals surface area contributed by atoms with E-state index in [1.165, 1.54) is 17.8 Å². The number of nitrogens with zero attached hydrogens (tertiary/aromatic N) is 5. The smallest absolute Gasteiger partial charge is 0.234 e. The number of aryl methyl sites for hydroxylation is 3. The predicted octanol–water partition coefficient (Wildman–Crippen LogP) is 3.95. The molecule has 1 aliphatic rings. The van der Waals surface area contributed by atoms with Crippen LogP contribution in [-0.4, -0.2) is 36.4 Å². The molecular formula is C21H23FN6OS. The molecule has 0 radical (unpaired) electrons. The minimum absolute atomic E-state index is 0.0902. The zero-order chi connectivity index (χ0) is 21.1. The van der Waals surface area contributed by atoms with Crippen molar-refractivity contribution in [2.45, 2.75) is 51.2 Å². The quantitative estimate of drug-likeness (QED) is 0.491. The Labute approximate surface area is 178 Å². The van der Waals surface area contributed by atoms with Crippen LogP contribution in [0.15, 0.2) is 29.4 Å². The first-order chi connectivity index (χ1) is 14.5. The van der Waals surface area contributed by atoms with E-state index in [-0.39, 0.29) is 17.3 Å². The monoisotopic (exact) mass is 426 g/mol. The molecule has 1 N–H and O–H groups in total. The van der Waals surface area contributed by atoms with E-state index in [4.69, 9.17) is 0 Å². The summed E-state index contributed by atoms with van der Waals surface area (Å²) in [5, 5.41) is 11.8. The summed E-state index contributed by atoms with van der Waals surface area (Å²) in [7, 11) is 0. The number of amides is 1. The van der Waals surface area contributed by atoms with Gasteiger partial charge in [0.05, 0.1) is 11.4 Å². The van der Waals surface area contributed by atoms with Crippen LogP contribution in [0.5, 0.6) is 0 Å². The Hall–Kier alpha value is -2.81. The molecule has 4 rings (SSSR count). The summed E-state index contributed by atoms with van der Waals surface area (Å²) in [4.78, 5) is 21.0. The first kappa shape index (κ1) is 20.5. The van der Waals surface area contributed by atoms with Crippen molar-refractivity contribution in [2.24, 2.45) is 0 Å². The molecule has 0 spiro atoms. The maximum atomic E-state index is 14.4. The third kappa shape index (κ3) is 4.67. The highest BCUT2D eigenvalue weighted by Crippen LogP contribution is 2.27. The van der Waals surface area contributed by atoms with Crippen molar-refractivity contribution in [1.82, 2.24) is 24.7 Å². The largest absolute Gasteiger partial charge is 0.323 e. The lowest BCUT2D eigenvalue weighted by Crippen LogP contribution is -2.15. The van der Waals surface area contributed by atoms with Crippen LogP contribution >= 0.6 is 11.8 Å². The number of nitrogens with one attached hydrogen (secondary N) is 1. The Kier molecular flexibility index (Phi) is 6.08. The van der Waals surface area contributed by atoms with E-state index in [9.17, 15) is 9.18 Å². The SMILES string of the molecule is Cc1cc(C)nc(SCC(=O)Nc2cc(-c3nnc4n3CCCCC4)ccc2F)n1. The second-order valence-electron chi connectivity index (χ2n) is 7.37. The average molecular weight is 427 g/mol. The molecule has 1 aromatic carbocycles. The first-order valence-corrected chi connectivity index (χ1v) is 10.9. The van der Waals surface area contributed by atoms with Gasteiger partial charge in [0.2, 0.25) is 5.91 Å². The molecule has 1 amide bonds. The van der Waals surface area contributed by atoms with E-state index >= 15 is 0 Å². The number of halogens is 1. The van der Waals surface area contributed by atoms with E-state index in [0.29, 0.717) is 11.0 Å². The van der Waals surface area contributed by atoms with Crippen LogP contribution in [0.4, 0.5) is 10.1 Å². The molecule has 0 fully saturated rings. The van der Waals surface area contributed by atoms with Gasteiger partial charge in [0.1, 0.15) is 11.6 Å². The molecule has 0 unspecified atom stereocenters. The van der Waals surface area contributed by atoms with Gasteiger partial charge in [-0.2, -0.15) is 0 Å². The number of benzene rings is 1. The second kappa shape index (κ2) is 8.91. The summed E-state index contributed by atoms with van der Waals surface area (Å²) < 4.78 is 16.5. The lowest BCUT2D eigenvalue weighted by molar-refractivity contribution is -0.113. The lowest BCUT2D eigenvalue weighted by atomic mass is 10.1. The highest BCUT2D eigenvalue weighted by Gasteiger charge is 2.18. The van der Waals surface area contributed by atoms with E-state index in [0.717, 1.165) is 55.0 Å². The standard InChI is InChI=1S/C21H23FN6OS/c1-13-10-14(2)24-21(23-13)30-12-19(29)25-17-11-15(7-8-16(17)22)20-27-26-18-6-4-3-5-9-28(18)20/h7-8,10-11H,3-6,9,12H2,1-2H3,(H,25,29). The fourth-order valence-corrected chi connectivity index (χ4v) is 4.28. The maximum absolute atomic E-state index is 14.4. The molecule has 0 bridgehead atoms. The Balaban J connectivity index is 1.48. The Morgan fingerprint density at radius 1 is 1.13 bits per heavy atom. The molecule has 156 valence electrons. The van der Waals surface area contributed by atoms with Gasteiger partial charge in [0, 0.05) is 29.9 Å². The number of rotatable bonds is 5. The molecule has 1 aliphatic heterocycles. The summed E-state index contributed by atoms with van der Waals surface area (Å²) in [5.41, 5.74) is 2.55. The van der Waals surface area contributed by atoms with Crippen LogP contribution in [0.2, 0.25) is 0 Å². The van der Waals surface area contributed by atoms with Gasteiger partial charge in [-0.3, -0.25) is 4.79 Å². The third-order valence-corrected chi connectivity index (χ3v) is 5.75. The number of hydrogen-bond donors (Lipinski definition) is 1. The number of anilines is 1. The minimum atomic E-state index is -0.490. The van der Waals surface area contributed by atoms with Gasteiger partial charge in [0.15, 0.2) is 11.0 Å². The van der Waals surface area contributed by atoms with Crippen molar-refractivity contribution in [2.75, 3.05) is 11.1 Å².